The molecule has 10 heteroatoms. The number of nitrogens with one attached hydrogen (secondary N) is 1. The second-order valence-electron chi connectivity index (χ2n) is 5.84. The minimum atomic E-state index is -0.568. The van der Waals surface area contributed by atoms with Crippen LogP contribution in [-0.4, -0.2) is 40.7 Å². The summed E-state index contributed by atoms with van der Waals surface area (Å²) in [5.41, 5.74) is 1.09. The van der Waals surface area contributed by atoms with Crippen molar-refractivity contribution in [3.8, 4) is 11.5 Å². The first-order chi connectivity index (χ1) is 13.8. The van der Waals surface area contributed by atoms with E-state index in [-0.39, 0.29) is 16.4 Å². The number of rotatable bonds is 5. The van der Waals surface area contributed by atoms with Crippen molar-refractivity contribution in [2.45, 2.75) is 0 Å². The van der Waals surface area contributed by atoms with E-state index < -0.39 is 23.6 Å². The highest BCUT2D eigenvalue weighted by Gasteiger charge is 2.36. The zero-order valence-electron chi connectivity index (χ0n) is 14.9. The summed E-state index contributed by atoms with van der Waals surface area (Å²) < 4.78 is 6.28. The van der Waals surface area contributed by atoms with Crippen LogP contribution in [0.3, 0.4) is 0 Å². The predicted molar refractivity (Wildman–Crippen MR) is 118 cm³/mol. The maximum atomic E-state index is 12.6. The minimum Gasteiger partial charge on any atom is -0.504 e. The van der Waals surface area contributed by atoms with Gasteiger partial charge in [-0.25, -0.2) is 0 Å². The summed E-state index contributed by atoms with van der Waals surface area (Å²) in [6, 6.07) is 9.99. The lowest BCUT2D eigenvalue weighted by atomic mass is 10.2. The molecule has 1 aliphatic rings. The minimum absolute atomic E-state index is 0.0617. The zero-order chi connectivity index (χ0) is 21.1. The number of phenolic OH excluding ortho intramolecular Hbond substituents is 1. The molecule has 7 nitrogen and oxygen atoms in total. The van der Waals surface area contributed by atoms with Gasteiger partial charge in [-0.2, -0.15) is 0 Å². The van der Waals surface area contributed by atoms with Crippen LogP contribution in [0.25, 0.3) is 6.08 Å². The fourth-order valence-corrected chi connectivity index (χ4v) is 4.17. The van der Waals surface area contributed by atoms with Crippen LogP contribution in [0, 0.1) is 0 Å². The summed E-state index contributed by atoms with van der Waals surface area (Å²) in [5.74, 6) is -0.894. The van der Waals surface area contributed by atoms with Gasteiger partial charge in [-0.1, -0.05) is 28.1 Å². The number of ether oxygens (including phenoxy) is 1. The van der Waals surface area contributed by atoms with Gasteiger partial charge in [0, 0.05) is 8.95 Å². The summed E-state index contributed by atoms with van der Waals surface area (Å²) >= 11 is 7.37. The van der Waals surface area contributed by atoms with E-state index >= 15 is 0 Å². The van der Waals surface area contributed by atoms with E-state index in [1.807, 2.05) is 0 Å². The predicted octanol–water partition coefficient (Wildman–Crippen LogP) is 4.60. The van der Waals surface area contributed by atoms with Crippen LogP contribution in [0.2, 0.25) is 0 Å². The lowest BCUT2D eigenvalue weighted by Gasteiger charge is -2.13. The van der Waals surface area contributed by atoms with E-state index in [4.69, 9.17) is 4.74 Å². The number of methoxy groups -OCH3 is 1. The molecule has 0 radical (unpaired) electrons. The van der Waals surface area contributed by atoms with Crippen molar-refractivity contribution in [3.63, 3.8) is 0 Å². The maximum absolute atomic E-state index is 12.6. The first kappa shape index (κ1) is 21.4. The highest BCUT2D eigenvalue weighted by Crippen LogP contribution is 2.37. The number of anilines is 1. The number of benzene rings is 2. The second kappa shape index (κ2) is 9.02. The number of carbonyl (C=O) groups excluding carboxylic acids is 3. The van der Waals surface area contributed by atoms with E-state index in [1.54, 1.807) is 24.3 Å². The Morgan fingerprint density at radius 1 is 1.24 bits per heavy atom. The zero-order valence-corrected chi connectivity index (χ0v) is 18.9. The van der Waals surface area contributed by atoms with Gasteiger partial charge in [0.05, 0.1) is 17.7 Å². The lowest BCUT2D eigenvalue weighted by Crippen LogP contribution is -2.36. The molecule has 1 fully saturated rings. The molecule has 1 aliphatic heterocycles. The first-order valence-corrected chi connectivity index (χ1v) is 10.6. The Kier molecular flexibility index (Phi) is 6.66. The number of carbonyl (C=O) groups is 3. The molecule has 2 aromatic rings. The molecule has 0 unspecified atom stereocenters. The topological polar surface area (TPSA) is 95.9 Å². The van der Waals surface area contributed by atoms with E-state index in [1.165, 1.54) is 25.3 Å². The molecule has 3 amide bonds. The molecular weight excluding hydrogens is 528 g/mol. The molecule has 0 atom stereocenters. The Morgan fingerprint density at radius 2 is 1.97 bits per heavy atom. The van der Waals surface area contributed by atoms with Gasteiger partial charge >= 0.3 is 0 Å². The van der Waals surface area contributed by atoms with Crippen LogP contribution in [0.15, 0.2) is 50.2 Å². The van der Waals surface area contributed by atoms with Crippen molar-refractivity contribution < 1.29 is 24.2 Å². The highest BCUT2D eigenvalue weighted by molar-refractivity contribution is 9.11. The fourth-order valence-electron chi connectivity index (χ4n) is 2.51. The van der Waals surface area contributed by atoms with Crippen molar-refractivity contribution in [1.82, 2.24) is 4.90 Å². The van der Waals surface area contributed by atoms with Crippen molar-refractivity contribution >= 4 is 72.4 Å². The quantitative estimate of drug-likeness (QED) is 0.537. The van der Waals surface area contributed by atoms with Crippen LogP contribution in [0.5, 0.6) is 11.5 Å². The number of phenols is 1. The summed E-state index contributed by atoms with van der Waals surface area (Å²) in [4.78, 5) is 38.2. The van der Waals surface area contributed by atoms with Crippen molar-refractivity contribution in [1.29, 1.82) is 0 Å². The number of halogens is 2. The Labute approximate surface area is 187 Å². The largest absolute Gasteiger partial charge is 0.504 e. The summed E-state index contributed by atoms with van der Waals surface area (Å²) in [6.45, 7) is -0.399. The standard InChI is InChI=1S/C19H14Br2N2O5S/c1-28-15-6-10(12(21)8-14(15)24)7-16-18(26)23(19(27)29-16)9-17(25)22-13-5-3-2-4-11(13)20/h2-8,24H,9H2,1H3,(H,22,25)/b16-7-. The van der Waals surface area contributed by atoms with Crippen LogP contribution in [0.1, 0.15) is 5.56 Å². The Hall–Kier alpha value is -2.30. The van der Waals surface area contributed by atoms with Gasteiger partial charge in [-0.3, -0.25) is 19.3 Å². The molecule has 0 aliphatic carbocycles. The van der Waals surface area contributed by atoms with Crippen molar-refractivity contribution in [2.24, 2.45) is 0 Å². The van der Waals surface area contributed by atoms with Crippen LogP contribution < -0.4 is 10.1 Å². The molecule has 2 N–H and O–H groups in total. The molecule has 150 valence electrons. The maximum Gasteiger partial charge on any atom is 0.294 e. The van der Waals surface area contributed by atoms with Crippen molar-refractivity contribution in [2.75, 3.05) is 19.0 Å². The van der Waals surface area contributed by atoms with Gasteiger partial charge in [0.15, 0.2) is 11.5 Å². The summed E-state index contributed by atoms with van der Waals surface area (Å²) in [7, 11) is 1.41. The molecule has 29 heavy (non-hydrogen) atoms. The number of thioether (sulfide) groups is 1. The first-order valence-electron chi connectivity index (χ1n) is 8.16. The van der Waals surface area contributed by atoms with E-state index in [0.717, 1.165) is 16.7 Å². The average molecular weight is 542 g/mol. The molecule has 2 aromatic carbocycles. The normalized spacial score (nSPS) is 15.1. The number of imide groups is 1. The van der Waals surface area contributed by atoms with Gasteiger partial charge in [-0.05, 0) is 63.6 Å². The van der Waals surface area contributed by atoms with Crippen molar-refractivity contribution in [3.05, 3.63) is 55.8 Å². The molecule has 0 bridgehead atoms. The number of hydrogen-bond acceptors (Lipinski definition) is 6. The Bertz CT molecular complexity index is 1040. The molecule has 0 saturated carbocycles. The van der Waals surface area contributed by atoms with Gasteiger partial charge in [0.2, 0.25) is 5.91 Å². The molecule has 1 heterocycles. The van der Waals surface area contributed by atoms with E-state index in [2.05, 4.69) is 37.2 Å². The summed E-state index contributed by atoms with van der Waals surface area (Å²) in [5, 5.41) is 11.9. The third-order valence-corrected chi connectivity index (χ3v) is 6.19. The van der Waals surface area contributed by atoms with Crippen LogP contribution >= 0.6 is 43.6 Å². The SMILES string of the molecule is COc1cc(/C=C2\SC(=O)N(CC(=O)Nc3ccccc3Br)C2=O)c(Br)cc1O. The van der Waals surface area contributed by atoms with Crippen LogP contribution in [0.4, 0.5) is 10.5 Å². The van der Waals surface area contributed by atoms with Crippen LogP contribution in [-0.2, 0) is 9.59 Å². The number of nitrogens with zero attached hydrogens (tertiary/aromatic N) is 1. The van der Waals surface area contributed by atoms with Gasteiger partial charge in [0.1, 0.15) is 6.54 Å². The third kappa shape index (κ3) is 4.82. The lowest BCUT2D eigenvalue weighted by molar-refractivity contribution is -0.127. The monoisotopic (exact) mass is 540 g/mol. The average Bonchev–Trinajstić information content (AvgIpc) is 2.93. The number of para-hydroxylation sites is 1. The molecule has 1 saturated heterocycles. The van der Waals surface area contributed by atoms with E-state index in [0.29, 0.717) is 20.2 Å². The fraction of sp³-hybridized carbons (Fsp3) is 0.105. The third-order valence-electron chi connectivity index (χ3n) is 3.91. The van der Waals surface area contributed by atoms with Gasteiger partial charge in [-0.15, -0.1) is 0 Å². The Balaban J connectivity index is 1.77. The number of aromatic hydroxyl groups is 1. The van der Waals surface area contributed by atoms with Gasteiger partial charge in [0.25, 0.3) is 11.1 Å². The second-order valence-corrected chi connectivity index (χ2v) is 8.54. The Morgan fingerprint density at radius 3 is 2.66 bits per heavy atom. The highest BCUT2D eigenvalue weighted by atomic mass is 79.9. The molecule has 0 spiro atoms. The van der Waals surface area contributed by atoms with E-state index in [9.17, 15) is 19.5 Å². The smallest absolute Gasteiger partial charge is 0.294 e. The molecule has 3 rings (SSSR count). The summed E-state index contributed by atoms with van der Waals surface area (Å²) in [6.07, 6.45) is 1.50. The van der Waals surface area contributed by atoms with Gasteiger partial charge < -0.3 is 15.2 Å². The number of amides is 3. The molecular formula is C19H14Br2N2O5S. The molecule has 0 aromatic heterocycles. The number of hydrogen-bond donors (Lipinski definition) is 2.